The largest absolute Gasteiger partial charge is 0.490 e. The quantitative estimate of drug-likeness (QED) is 0.308. The lowest BCUT2D eigenvalue weighted by Gasteiger charge is -2.11. The predicted molar refractivity (Wildman–Crippen MR) is 78.1 cm³/mol. The molecular formula is C13H19N3O5. The molecule has 2 N–H and O–H groups in total. The number of aliphatic hydroxyl groups excluding tert-OH is 1. The number of nitro benzene ring substituents is 1. The Morgan fingerprint density at radius 1 is 1.38 bits per heavy atom. The van der Waals surface area contributed by atoms with Crippen LogP contribution in [0.4, 0.5) is 5.69 Å². The number of nitro groups is 1. The van der Waals surface area contributed by atoms with Crippen molar-refractivity contribution in [3.63, 3.8) is 0 Å². The number of aliphatic hydroxyl groups is 1. The summed E-state index contributed by atoms with van der Waals surface area (Å²) in [6, 6.07) is 2.98. The van der Waals surface area contributed by atoms with Gasteiger partial charge in [-0.2, -0.15) is 5.10 Å². The zero-order valence-corrected chi connectivity index (χ0v) is 12.0. The molecule has 116 valence electrons. The van der Waals surface area contributed by atoms with Gasteiger partial charge in [-0.1, -0.05) is 0 Å². The summed E-state index contributed by atoms with van der Waals surface area (Å²) in [5.74, 6) is 0.418. The lowest BCUT2D eigenvalue weighted by atomic mass is 10.2. The minimum atomic E-state index is -0.522. The van der Waals surface area contributed by atoms with Gasteiger partial charge in [0.25, 0.3) is 0 Å². The Morgan fingerprint density at radius 3 is 2.67 bits per heavy atom. The molecule has 0 radical (unpaired) electrons. The molecule has 0 atom stereocenters. The molecule has 0 spiro atoms. The second-order valence-corrected chi connectivity index (χ2v) is 3.88. The van der Waals surface area contributed by atoms with Crippen LogP contribution in [-0.2, 0) is 0 Å². The fourth-order valence-corrected chi connectivity index (χ4v) is 1.61. The van der Waals surface area contributed by atoms with Gasteiger partial charge in [0, 0.05) is 11.6 Å². The number of benzene rings is 1. The van der Waals surface area contributed by atoms with Gasteiger partial charge in [-0.05, 0) is 19.9 Å². The molecule has 0 amide bonds. The highest BCUT2D eigenvalue weighted by molar-refractivity contribution is 5.83. The van der Waals surface area contributed by atoms with Gasteiger partial charge in [-0.15, -0.1) is 0 Å². The van der Waals surface area contributed by atoms with E-state index in [1.54, 1.807) is 19.9 Å². The van der Waals surface area contributed by atoms with Crippen LogP contribution in [-0.4, -0.2) is 42.6 Å². The van der Waals surface area contributed by atoms with Gasteiger partial charge in [0.15, 0.2) is 5.75 Å². The molecule has 0 aliphatic carbocycles. The third kappa shape index (κ3) is 4.92. The molecule has 0 saturated carbocycles. The van der Waals surface area contributed by atoms with Crippen molar-refractivity contribution in [3.8, 4) is 11.5 Å². The summed E-state index contributed by atoms with van der Waals surface area (Å²) in [7, 11) is 0. The molecule has 0 bridgehead atoms. The first-order valence-electron chi connectivity index (χ1n) is 6.58. The third-order valence-electron chi connectivity index (χ3n) is 2.37. The Kier molecular flexibility index (Phi) is 6.96. The van der Waals surface area contributed by atoms with Gasteiger partial charge in [-0.25, -0.2) is 0 Å². The highest BCUT2D eigenvalue weighted by atomic mass is 16.6. The normalized spacial score (nSPS) is 10.6. The molecule has 0 aromatic heterocycles. The van der Waals surface area contributed by atoms with Crippen LogP contribution < -0.4 is 14.9 Å². The Bertz CT molecular complexity index is 505. The van der Waals surface area contributed by atoms with E-state index in [0.29, 0.717) is 31.1 Å². The number of nitrogens with one attached hydrogen (secondary N) is 1. The van der Waals surface area contributed by atoms with E-state index in [1.165, 1.54) is 12.3 Å². The maximum absolute atomic E-state index is 11.2. The lowest BCUT2D eigenvalue weighted by molar-refractivity contribution is -0.385. The first-order chi connectivity index (χ1) is 10.1. The highest BCUT2D eigenvalue weighted by Crippen LogP contribution is 2.38. The minimum absolute atomic E-state index is 0.0506. The molecule has 1 rings (SSSR count). The van der Waals surface area contributed by atoms with E-state index in [9.17, 15) is 10.1 Å². The molecule has 0 saturated heterocycles. The molecule has 21 heavy (non-hydrogen) atoms. The summed E-state index contributed by atoms with van der Waals surface area (Å²) >= 11 is 0. The van der Waals surface area contributed by atoms with E-state index in [-0.39, 0.29) is 18.0 Å². The zero-order chi connectivity index (χ0) is 15.7. The van der Waals surface area contributed by atoms with Crippen LogP contribution in [0, 0.1) is 10.1 Å². The molecular weight excluding hydrogens is 278 g/mol. The topological polar surface area (TPSA) is 106 Å². The number of ether oxygens (including phenoxy) is 2. The third-order valence-corrected chi connectivity index (χ3v) is 2.37. The van der Waals surface area contributed by atoms with E-state index in [1.807, 2.05) is 0 Å². The average molecular weight is 297 g/mol. The Hall–Kier alpha value is -2.35. The van der Waals surface area contributed by atoms with Crippen LogP contribution in [0.25, 0.3) is 0 Å². The van der Waals surface area contributed by atoms with E-state index in [4.69, 9.17) is 14.6 Å². The van der Waals surface area contributed by atoms with Crippen LogP contribution in [0.5, 0.6) is 11.5 Å². The molecule has 0 unspecified atom stereocenters. The van der Waals surface area contributed by atoms with Gasteiger partial charge in [-0.3, -0.25) is 10.1 Å². The summed E-state index contributed by atoms with van der Waals surface area (Å²) in [4.78, 5) is 10.6. The fraction of sp³-hybridized carbons (Fsp3) is 0.462. The number of nitrogens with zero attached hydrogens (tertiary/aromatic N) is 2. The van der Waals surface area contributed by atoms with Gasteiger partial charge < -0.3 is 20.0 Å². The average Bonchev–Trinajstić information content (AvgIpc) is 2.46. The first-order valence-corrected chi connectivity index (χ1v) is 6.58. The molecule has 8 nitrogen and oxygen atoms in total. The molecule has 0 aliphatic rings. The summed E-state index contributed by atoms with van der Waals surface area (Å²) < 4.78 is 10.7. The summed E-state index contributed by atoms with van der Waals surface area (Å²) in [5.41, 5.74) is 2.93. The second-order valence-electron chi connectivity index (χ2n) is 3.88. The summed E-state index contributed by atoms with van der Waals surface area (Å²) in [6.07, 6.45) is 1.42. The minimum Gasteiger partial charge on any atom is -0.490 e. The maximum atomic E-state index is 11.2. The van der Waals surface area contributed by atoms with Gasteiger partial charge in [0.2, 0.25) is 5.75 Å². The number of rotatable bonds is 9. The highest BCUT2D eigenvalue weighted by Gasteiger charge is 2.21. The first kappa shape index (κ1) is 16.7. The molecule has 0 aliphatic heterocycles. The number of hydrazone groups is 1. The van der Waals surface area contributed by atoms with Crippen molar-refractivity contribution in [1.82, 2.24) is 5.43 Å². The van der Waals surface area contributed by atoms with Gasteiger partial charge in [0.05, 0.1) is 37.5 Å². The second kappa shape index (κ2) is 8.75. The standard InChI is InChI=1S/C13H19N3O5/c1-3-20-12-8-10(9-15-14-5-6-17)7-11(16(18)19)13(12)21-4-2/h7-9,14,17H,3-6H2,1-2H3. The van der Waals surface area contributed by atoms with Crippen molar-refractivity contribution in [2.24, 2.45) is 5.10 Å². The molecule has 8 heteroatoms. The van der Waals surface area contributed by atoms with Crippen LogP contribution in [0.3, 0.4) is 0 Å². The predicted octanol–water partition coefficient (Wildman–Crippen LogP) is 1.31. The van der Waals surface area contributed by atoms with E-state index >= 15 is 0 Å². The summed E-state index contributed by atoms with van der Waals surface area (Å²) in [5, 5.41) is 23.6. The summed E-state index contributed by atoms with van der Waals surface area (Å²) in [6.45, 7) is 4.44. The smallest absolute Gasteiger partial charge is 0.315 e. The Balaban J connectivity index is 3.16. The SMILES string of the molecule is CCOc1cc(C=NNCCO)cc([N+](=O)[O-])c1OCC. The van der Waals surface area contributed by atoms with Gasteiger partial charge in [0.1, 0.15) is 0 Å². The van der Waals surface area contributed by atoms with Gasteiger partial charge >= 0.3 is 5.69 Å². The Morgan fingerprint density at radius 2 is 2.10 bits per heavy atom. The molecule has 1 aromatic rings. The lowest BCUT2D eigenvalue weighted by Crippen LogP contribution is -2.11. The van der Waals surface area contributed by atoms with Crippen molar-refractivity contribution in [2.75, 3.05) is 26.4 Å². The number of hydrogen-bond donors (Lipinski definition) is 2. The van der Waals surface area contributed by atoms with E-state index < -0.39 is 4.92 Å². The number of hydrogen-bond acceptors (Lipinski definition) is 7. The fourth-order valence-electron chi connectivity index (χ4n) is 1.61. The maximum Gasteiger partial charge on any atom is 0.315 e. The zero-order valence-electron chi connectivity index (χ0n) is 12.0. The molecule has 0 fully saturated rings. The van der Waals surface area contributed by atoms with Crippen molar-refractivity contribution in [3.05, 3.63) is 27.8 Å². The van der Waals surface area contributed by atoms with Crippen LogP contribution >= 0.6 is 0 Å². The molecule has 1 aromatic carbocycles. The van der Waals surface area contributed by atoms with Crippen molar-refractivity contribution >= 4 is 11.9 Å². The monoisotopic (exact) mass is 297 g/mol. The van der Waals surface area contributed by atoms with Crippen LogP contribution in [0.15, 0.2) is 17.2 Å². The van der Waals surface area contributed by atoms with Crippen LogP contribution in [0.1, 0.15) is 19.4 Å². The van der Waals surface area contributed by atoms with Crippen molar-refractivity contribution in [1.29, 1.82) is 0 Å². The Labute approximate surface area is 122 Å². The van der Waals surface area contributed by atoms with E-state index in [0.717, 1.165) is 0 Å². The van der Waals surface area contributed by atoms with Crippen LogP contribution in [0.2, 0.25) is 0 Å². The molecule has 0 heterocycles. The van der Waals surface area contributed by atoms with Crippen molar-refractivity contribution in [2.45, 2.75) is 13.8 Å². The van der Waals surface area contributed by atoms with Crippen molar-refractivity contribution < 1.29 is 19.5 Å². The van der Waals surface area contributed by atoms with E-state index in [2.05, 4.69) is 10.5 Å².